The fourth-order valence-corrected chi connectivity index (χ4v) is 2.16. The average molecular weight is 183 g/mol. The zero-order chi connectivity index (χ0) is 7.40. The van der Waals surface area contributed by atoms with Crippen LogP contribution in [0.5, 0.6) is 0 Å². The molecule has 0 saturated heterocycles. The summed E-state index contributed by atoms with van der Waals surface area (Å²) >= 11 is 0.492. The van der Waals surface area contributed by atoms with Gasteiger partial charge in [0.15, 0.2) is 0 Å². The fraction of sp³-hybridized carbons (Fsp3) is 0.333. The van der Waals surface area contributed by atoms with Crippen LogP contribution in [0.2, 0.25) is 4.78 Å². The van der Waals surface area contributed by atoms with Crippen LogP contribution in [-0.4, -0.2) is 15.2 Å². The van der Waals surface area contributed by atoms with Crippen molar-refractivity contribution in [3.63, 3.8) is 0 Å². The van der Waals surface area contributed by atoms with Gasteiger partial charge in [-0.3, -0.25) is 0 Å². The third-order valence-electron chi connectivity index (χ3n) is 1.33. The molecular weight excluding hydrogens is 171 g/mol. The predicted octanol–water partition coefficient (Wildman–Crippen LogP) is -1.15. The molecule has 0 bridgehead atoms. The van der Waals surface area contributed by atoms with Crippen LogP contribution < -0.4 is 16.8 Å². The monoisotopic (exact) mass is 182 g/mol. The van der Waals surface area contributed by atoms with E-state index < -0.39 is 0 Å². The maximum absolute atomic E-state index is 2.28. The summed E-state index contributed by atoms with van der Waals surface area (Å²) in [5.41, 5.74) is 0. The number of halogens is 1. The topological polar surface area (TPSA) is 0 Å². The molecule has 0 aliphatic heterocycles. The van der Waals surface area contributed by atoms with Crippen LogP contribution in [-0.2, 0) is 0 Å². The molecule has 0 saturated carbocycles. The largest absolute Gasteiger partial charge is 1.00 e. The van der Waals surface area contributed by atoms with Gasteiger partial charge in [-0.15, -0.1) is 0 Å². The molecule has 0 amide bonds. The third kappa shape index (κ3) is 4.48. The first-order valence-electron chi connectivity index (χ1n) is 3.69. The quantitative estimate of drug-likeness (QED) is 0.507. The molecule has 2 heteroatoms. The van der Waals surface area contributed by atoms with Gasteiger partial charge in [0.2, 0.25) is 0 Å². The minimum absolute atomic E-state index is 0. The van der Waals surface area contributed by atoms with Crippen molar-refractivity contribution in [3.05, 3.63) is 30.3 Å². The van der Waals surface area contributed by atoms with Gasteiger partial charge in [0.1, 0.15) is 0 Å². The summed E-state index contributed by atoms with van der Waals surface area (Å²) in [6.45, 7) is 4.56. The van der Waals surface area contributed by atoms with E-state index in [-0.39, 0.29) is 12.4 Å². The molecule has 1 rings (SSSR count). The van der Waals surface area contributed by atoms with Crippen molar-refractivity contribution in [3.8, 4) is 0 Å². The molecule has 0 radical (unpaired) electrons. The van der Waals surface area contributed by atoms with E-state index in [0.29, 0.717) is 15.2 Å². The Balaban J connectivity index is 0.000001000. The Bertz CT molecular complexity index is 184. The summed E-state index contributed by atoms with van der Waals surface area (Å²) in [5, 5.41) is 0. The van der Waals surface area contributed by atoms with Gasteiger partial charge in [-0.25, -0.2) is 0 Å². The molecular formula is C9H12AlCl. The van der Waals surface area contributed by atoms with Gasteiger partial charge in [-0.05, 0) is 0 Å². The van der Waals surface area contributed by atoms with Crippen molar-refractivity contribution in [1.82, 2.24) is 0 Å². The molecule has 1 aromatic carbocycles. The fourth-order valence-electron chi connectivity index (χ4n) is 0.949. The molecule has 0 nitrogen and oxygen atoms in total. The minimum atomic E-state index is 0. The first-order valence-corrected chi connectivity index (χ1v) is 4.93. The van der Waals surface area contributed by atoms with Crippen LogP contribution in [0.1, 0.15) is 13.8 Å². The van der Waals surface area contributed by atoms with Crippen molar-refractivity contribution < 1.29 is 12.4 Å². The Morgan fingerprint density at radius 3 is 2.09 bits per heavy atom. The van der Waals surface area contributed by atoms with Crippen LogP contribution in [0, 0.1) is 0 Å². The van der Waals surface area contributed by atoms with Crippen LogP contribution in [0.15, 0.2) is 30.3 Å². The number of benzene rings is 1. The molecule has 58 valence electrons. The Hall–Kier alpha value is 0.0425. The number of hydrogen-bond donors (Lipinski definition) is 0. The van der Waals surface area contributed by atoms with E-state index in [1.54, 1.807) is 0 Å². The van der Waals surface area contributed by atoms with Crippen molar-refractivity contribution in [2.45, 2.75) is 18.6 Å². The SMILES string of the molecule is C[CH](C)[Al+][c]1ccccc1.[Cl-]. The first-order chi connectivity index (χ1) is 4.79. The molecule has 0 unspecified atom stereocenters. The van der Waals surface area contributed by atoms with E-state index in [0.717, 1.165) is 4.78 Å². The summed E-state index contributed by atoms with van der Waals surface area (Å²) in [5.74, 6) is 0. The summed E-state index contributed by atoms with van der Waals surface area (Å²) in [4.78, 5) is 0. The number of rotatable bonds is 2. The summed E-state index contributed by atoms with van der Waals surface area (Å²) in [6.07, 6.45) is 0. The molecule has 0 atom stereocenters. The Kier molecular flexibility index (Phi) is 5.68. The second kappa shape index (κ2) is 5.66. The van der Waals surface area contributed by atoms with E-state index in [4.69, 9.17) is 0 Å². The minimum Gasteiger partial charge on any atom is -1.00 e. The van der Waals surface area contributed by atoms with Crippen LogP contribution >= 0.6 is 0 Å². The second-order valence-electron chi connectivity index (χ2n) is 2.82. The van der Waals surface area contributed by atoms with E-state index in [2.05, 4.69) is 44.2 Å². The summed E-state index contributed by atoms with van der Waals surface area (Å²) < 4.78 is 2.37. The number of hydrogen-bond acceptors (Lipinski definition) is 0. The zero-order valence-corrected chi connectivity index (χ0v) is 8.83. The summed E-state index contributed by atoms with van der Waals surface area (Å²) in [7, 11) is 0. The summed E-state index contributed by atoms with van der Waals surface area (Å²) in [6, 6.07) is 10.7. The molecule has 11 heavy (non-hydrogen) atoms. The van der Waals surface area contributed by atoms with E-state index in [1.165, 1.54) is 4.43 Å². The van der Waals surface area contributed by atoms with Gasteiger partial charge in [-0.1, -0.05) is 0 Å². The smallest absolute Gasteiger partial charge is 1.00 e. The zero-order valence-electron chi connectivity index (χ0n) is 6.92. The van der Waals surface area contributed by atoms with Gasteiger partial charge in [0.05, 0.1) is 0 Å². The van der Waals surface area contributed by atoms with Crippen molar-refractivity contribution in [2.24, 2.45) is 0 Å². The third-order valence-corrected chi connectivity index (χ3v) is 2.76. The molecule has 0 aliphatic rings. The van der Waals surface area contributed by atoms with Gasteiger partial charge in [0, 0.05) is 0 Å². The van der Waals surface area contributed by atoms with Crippen molar-refractivity contribution >= 4 is 19.6 Å². The first kappa shape index (κ1) is 11.0. The molecule has 0 N–H and O–H groups in total. The van der Waals surface area contributed by atoms with Crippen molar-refractivity contribution in [2.75, 3.05) is 0 Å². The molecule has 0 fully saturated rings. The van der Waals surface area contributed by atoms with Gasteiger partial charge in [0.25, 0.3) is 0 Å². The maximum atomic E-state index is 2.28. The Morgan fingerprint density at radius 1 is 1.09 bits per heavy atom. The van der Waals surface area contributed by atoms with Gasteiger partial charge in [-0.2, -0.15) is 0 Å². The van der Waals surface area contributed by atoms with Gasteiger partial charge < -0.3 is 12.4 Å². The van der Waals surface area contributed by atoms with Crippen molar-refractivity contribution in [1.29, 1.82) is 0 Å². The van der Waals surface area contributed by atoms with E-state index >= 15 is 0 Å². The average Bonchev–Trinajstić information content (AvgIpc) is 1.88. The molecule has 0 spiro atoms. The Labute approximate surface area is 81.1 Å². The standard InChI is InChI=1S/C6H5.C3H7.Al.ClH/c1-2-4-6-5-3-1;1-3-2;;/h1-5H;3H,1-2H3;;1H/q;;+1;/p-1. The van der Waals surface area contributed by atoms with E-state index in [1.807, 2.05) is 0 Å². The maximum Gasteiger partial charge on any atom is -1.00 e. The molecule has 1 aromatic rings. The van der Waals surface area contributed by atoms with Crippen LogP contribution in [0.4, 0.5) is 0 Å². The van der Waals surface area contributed by atoms with Crippen LogP contribution in [0.25, 0.3) is 0 Å². The Morgan fingerprint density at radius 2 is 1.64 bits per heavy atom. The van der Waals surface area contributed by atoms with Gasteiger partial charge >= 0.3 is 68.6 Å². The molecule has 0 heterocycles. The second-order valence-corrected chi connectivity index (χ2v) is 5.15. The molecule has 0 aliphatic carbocycles. The normalized spacial score (nSPS) is 8.64. The predicted molar refractivity (Wildman–Crippen MR) is 46.9 cm³/mol. The molecule has 0 aromatic heterocycles. The van der Waals surface area contributed by atoms with Crippen LogP contribution in [0.3, 0.4) is 0 Å². The van der Waals surface area contributed by atoms with E-state index in [9.17, 15) is 0 Å².